The number of hydrogen-bond donors (Lipinski definition) is 1. The Morgan fingerprint density at radius 1 is 1.11 bits per heavy atom. The number of fused-ring (bicyclic) bond motifs is 1. The molecule has 0 spiro atoms. The van der Waals surface area contributed by atoms with E-state index in [1.807, 2.05) is 0 Å². The van der Waals surface area contributed by atoms with Gasteiger partial charge in [-0.1, -0.05) is 12.1 Å². The van der Waals surface area contributed by atoms with Crippen LogP contribution in [0.2, 0.25) is 0 Å². The number of hydrogen-bond acceptors (Lipinski definition) is 5. The maximum atomic E-state index is 12.3. The summed E-state index contributed by atoms with van der Waals surface area (Å²) in [5, 5.41) is 2.71. The Morgan fingerprint density at radius 2 is 1.81 bits per heavy atom. The summed E-state index contributed by atoms with van der Waals surface area (Å²) in [5.41, 5.74) is 1.54. The lowest BCUT2D eigenvalue weighted by atomic mass is 10.3. The van der Waals surface area contributed by atoms with Crippen LogP contribution in [0.5, 0.6) is 5.75 Å². The highest BCUT2D eigenvalue weighted by molar-refractivity contribution is 5.91. The van der Waals surface area contributed by atoms with E-state index in [2.05, 4.69) is 5.32 Å². The van der Waals surface area contributed by atoms with Crippen LogP contribution in [0, 0.1) is 0 Å². The predicted molar refractivity (Wildman–Crippen MR) is 99.7 cm³/mol. The van der Waals surface area contributed by atoms with Gasteiger partial charge in [0.1, 0.15) is 12.3 Å². The zero-order valence-electron chi connectivity index (χ0n) is 15.0. The van der Waals surface area contributed by atoms with Gasteiger partial charge in [0.2, 0.25) is 5.91 Å². The summed E-state index contributed by atoms with van der Waals surface area (Å²) in [6.45, 7) is -0.222. The number of amides is 2. The molecule has 1 aromatic heterocycles. The summed E-state index contributed by atoms with van der Waals surface area (Å²) in [6, 6.07) is 13.5. The van der Waals surface area contributed by atoms with Crippen LogP contribution >= 0.6 is 0 Å². The lowest BCUT2D eigenvalue weighted by Crippen LogP contribution is -2.27. The first kappa shape index (κ1) is 18.2. The molecule has 0 atom stereocenters. The van der Waals surface area contributed by atoms with E-state index in [9.17, 15) is 14.4 Å². The maximum absolute atomic E-state index is 12.3. The number of carbonyl (C=O) groups excluding carboxylic acids is 2. The molecule has 0 saturated carbocycles. The van der Waals surface area contributed by atoms with Crippen molar-refractivity contribution in [1.29, 1.82) is 0 Å². The lowest BCUT2D eigenvalue weighted by Gasteiger charge is -2.11. The number of nitrogens with zero attached hydrogens (tertiary/aromatic N) is 2. The van der Waals surface area contributed by atoms with E-state index in [-0.39, 0.29) is 25.0 Å². The molecule has 8 nitrogen and oxygen atoms in total. The minimum absolute atomic E-state index is 0.0603. The average Bonchev–Trinajstić information content (AvgIpc) is 2.96. The number of ether oxygens (including phenoxy) is 1. The van der Waals surface area contributed by atoms with Gasteiger partial charge in [0, 0.05) is 19.8 Å². The van der Waals surface area contributed by atoms with Crippen LogP contribution in [0.3, 0.4) is 0 Å². The van der Waals surface area contributed by atoms with E-state index < -0.39 is 5.76 Å². The van der Waals surface area contributed by atoms with Gasteiger partial charge < -0.3 is 19.4 Å². The highest BCUT2D eigenvalue weighted by Gasteiger charge is 2.12. The topological polar surface area (TPSA) is 93.8 Å². The Balaban J connectivity index is 1.62. The molecule has 0 fully saturated rings. The van der Waals surface area contributed by atoms with Crippen LogP contribution in [0.1, 0.15) is 0 Å². The maximum Gasteiger partial charge on any atom is 0.420 e. The average molecular weight is 369 g/mol. The van der Waals surface area contributed by atoms with Crippen LogP contribution in [-0.4, -0.2) is 42.0 Å². The van der Waals surface area contributed by atoms with Gasteiger partial charge in [-0.3, -0.25) is 14.2 Å². The Bertz CT molecular complexity index is 1020. The molecule has 1 heterocycles. The quantitative estimate of drug-likeness (QED) is 0.714. The summed E-state index contributed by atoms with van der Waals surface area (Å²) in [5.74, 6) is -0.578. The highest BCUT2D eigenvalue weighted by atomic mass is 16.5. The first-order chi connectivity index (χ1) is 12.9. The third kappa shape index (κ3) is 4.35. The number of oxazole rings is 1. The van der Waals surface area contributed by atoms with E-state index in [1.165, 1.54) is 9.47 Å². The van der Waals surface area contributed by atoms with Crippen LogP contribution in [-0.2, 0) is 16.1 Å². The first-order valence-corrected chi connectivity index (χ1v) is 8.25. The molecule has 1 N–H and O–H groups in total. The Kier molecular flexibility index (Phi) is 5.25. The Morgan fingerprint density at radius 3 is 2.52 bits per heavy atom. The molecule has 8 heteroatoms. The molecular weight excluding hydrogens is 350 g/mol. The number of aromatic nitrogens is 1. The van der Waals surface area contributed by atoms with Crippen LogP contribution in [0.25, 0.3) is 11.1 Å². The molecule has 0 unspecified atom stereocenters. The van der Waals surface area contributed by atoms with E-state index in [0.717, 1.165) is 0 Å². The van der Waals surface area contributed by atoms with Gasteiger partial charge in [-0.25, -0.2) is 4.79 Å². The molecule has 0 saturated heterocycles. The molecule has 140 valence electrons. The number of likely N-dealkylation sites (N-methyl/N-ethyl adjacent to an activating group) is 1. The third-order valence-corrected chi connectivity index (χ3v) is 3.87. The van der Waals surface area contributed by atoms with Gasteiger partial charge in [-0.05, 0) is 36.4 Å². The first-order valence-electron chi connectivity index (χ1n) is 8.25. The fraction of sp³-hybridized carbons (Fsp3) is 0.211. The molecular formula is C19H19N3O5. The second-order valence-electron chi connectivity index (χ2n) is 6.07. The van der Waals surface area contributed by atoms with Crippen molar-refractivity contribution in [2.24, 2.45) is 0 Å². The molecule has 3 aromatic rings. The number of para-hydroxylation sites is 2. The molecule has 0 bridgehead atoms. The van der Waals surface area contributed by atoms with Crippen molar-refractivity contribution in [3.63, 3.8) is 0 Å². The minimum Gasteiger partial charge on any atom is -0.484 e. The summed E-state index contributed by atoms with van der Waals surface area (Å²) < 4.78 is 11.8. The van der Waals surface area contributed by atoms with Gasteiger partial charge in [0.25, 0.3) is 5.91 Å². The zero-order chi connectivity index (χ0) is 19.4. The standard InChI is InChI=1S/C19H19N3O5/c1-21(2)18(24)12-26-14-9-7-13(8-10-14)20-17(23)11-22-15-5-3-4-6-16(15)27-19(22)25/h3-10H,11-12H2,1-2H3,(H,20,23). The van der Waals surface area contributed by atoms with Crippen molar-refractivity contribution in [2.75, 3.05) is 26.0 Å². The smallest absolute Gasteiger partial charge is 0.420 e. The van der Waals surface area contributed by atoms with E-state index in [1.54, 1.807) is 62.6 Å². The van der Waals surface area contributed by atoms with E-state index in [4.69, 9.17) is 9.15 Å². The summed E-state index contributed by atoms with van der Waals surface area (Å²) >= 11 is 0. The molecule has 0 aliphatic carbocycles. The van der Waals surface area contributed by atoms with Gasteiger partial charge in [-0.2, -0.15) is 0 Å². The largest absolute Gasteiger partial charge is 0.484 e. The summed E-state index contributed by atoms with van der Waals surface area (Å²) in [7, 11) is 3.30. The molecule has 0 radical (unpaired) electrons. The number of rotatable bonds is 6. The monoisotopic (exact) mass is 369 g/mol. The van der Waals surface area contributed by atoms with Gasteiger partial charge in [0.15, 0.2) is 12.2 Å². The normalized spacial score (nSPS) is 10.6. The fourth-order valence-electron chi connectivity index (χ4n) is 2.42. The second-order valence-corrected chi connectivity index (χ2v) is 6.07. The van der Waals surface area contributed by atoms with E-state index in [0.29, 0.717) is 22.5 Å². The van der Waals surface area contributed by atoms with Crippen LogP contribution < -0.4 is 15.8 Å². The fourth-order valence-corrected chi connectivity index (χ4v) is 2.42. The molecule has 2 aromatic carbocycles. The minimum atomic E-state index is -0.583. The molecule has 0 aliphatic heterocycles. The number of anilines is 1. The van der Waals surface area contributed by atoms with Crippen LogP contribution in [0.15, 0.2) is 57.7 Å². The third-order valence-electron chi connectivity index (χ3n) is 3.87. The molecule has 0 aliphatic rings. The zero-order valence-corrected chi connectivity index (χ0v) is 15.0. The Labute approximate surface area is 154 Å². The SMILES string of the molecule is CN(C)C(=O)COc1ccc(NC(=O)Cn2c(=O)oc3ccccc32)cc1. The second kappa shape index (κ2) is 7.77. The predicted octanol–water partition coefficient (Wildman–Crippen LogP) is 1.70. The Hall–Kier alpha value is -3.55. The van der Waals surface area contributed by atoms with Crippen molar-refractivity contribution >= 4 is 28.6 Å². The summed E-state index contributed by atoms with van der Waals surface area (Å²) in [6.07, 6.45) is 0. The number of benzene rings is 2. The molecule has 27 heavy (non-hydrogen) atoms. The lowest BCUT2D eigenvalue weighted by molar-refractivity contribution is -0.130. The van der Waals surface area contributed by atoms with Crippen molar-refractivity contribution in [1.82, 2.24) is 9.47 Å². The van der Waals surface area contributed by atoms with Gasteiger partial charge in [-0.15, -0.1) is 0 Å². The highest BCUT2D eigenvalue weighted by Crippen LogP contribution is 2.16. The van der Waals surface area contributed by atoms with Crippen molar-refractivity contribution in [3.05, 3.63) is 59.1 Å². The van der Waals surface area contributed by atoms with Crippen molar-refractivity contribution < 1.29 is 18.7 Å². The van der Waals surface area contributed by atoms with Gasteiger partial charge >= 0.3 is 5.76 Å². The van der Waals surface area contributed by atoms with E-state index >= 15 is 0 Å². The number of carbonyl (C=O) groups is 2. The van der Waals surface area contributed by atoms with Crippen LogP contribution in [0.4, 0.5) is 5.69 Å². The number of nitrogens with one attached hydrogen (secondary N) is 1. The summed E-state index contributed by atoms with van der Waals surface area (Å²) in [4.78, 5) is 37.1. The molecule has 2 amide bonds. The molecule has 3 rings (SSSR count). The van der Waals surface area contributed by atoms with Crippen molar-refractivity contribution in [2.45, 2.75) is 6.54 Å². The van der Waals surface area contributed by atoms with Crippen molar-refractivity contribution in [3.8, 4) is 5.75 Å². The van der Waals surface area contributed by atoms with Gasteiger partial charge in [0.05, 0.1) is 5.52 Å².